The smallest absolute Gasteiger partial charge is 0.336 e. The van der Waals surface area contributed by atoms with Crippen LogP contribution in [-0.4, -0.2) is 0 Å². The van der Waals surface area contributed by atoms with Gasteiger partial charge in [0.1, 0.15) is 23.5 Å². The highest BCUT2D eigenvalue weighted by Crippen LogP contribution is 2.29. The first-order chi connectivity index (χ1) is 13.3. The lowest BCUT2D eigenvalue weighted by Gasteiger charge is -2.13. The molecule has 0 atom stereocenters. The highest BCUT2D eigenvalue weighted by Gasteiger charge is 2.12. The Bertz CT molecular complexity index is 1340. The summed E-state index contributed by atoms with van der Waals surface area (Å²) in [7, 11) is 0. The molecule has 0 amide bonds. The molecule has 0 radical (unpaired) electrons. The highest BCUT2D eigenvalue weighted by molar-refractivity contribution is 5.85. The fourth-order valence-electron chi connectivity index (χ4n) is 3.41. The summed E-state index contributed by atoms with van der Waals surface area (Å²) in [6.45, 7) is 7.92. The van der Waals surface area contributed by atoms with E-state index >= 15 is 0 Å². The van der Waals surface area contributed by atoms with Crippen molar-refractivity contribution in [3.8, 4) is 5.75 Å². The molecule has 5 heteroatoms. The van der Waals surface area contributed by atoms with Crippen molar-refractivity contribution in [2.45, 2.75) is 34.3 Å². The second kappa shape index (κ2) is 6.68. The number of fused-ring (bicyclic) bond motifs is 2. The van der Waals surface area contributed by atoms with Gasteiger partial charge in [0.2, 0.25) is 0 Å². The second-order valence-electron chi connectivity index (χ2n) is 7.13. The first kappa shape index (κ1) is 18.0. The quantitative estimate of drug-likeness (QED) is 0.484. The van der Waals surface area contributed by atoms with Gasteiger partial charge in [0.15, 0.2) is 0 Å². The van der Waals surface area contributed by atoms with Crippen LogP contribution in [0.2, 0.25) is 0 Å². The SMILES string of the molecule is Cc1cc2oc(=O)cc(COc3ccc4c(C)cc(=O)oc4c3C)c2cc1C. The predicted octanol–water partition coefficient (Wildman–Crippen LogP) is 4.71. The lowest BCUT2D eigenvalue weighted by atomic mass is 10.0. The Hall–Kier alpha value is -3.34. The Kier molecular flexibility index (Phi) is 4.30. The minimum atomic E-state index is -0.411. The van der Waals surface area contributed by atoms with E-state index in [0.717, 1.165) is 38.6 Å². The van der Waals surface area contributed by atoms with Crippen LogP contribution in [0, 0.1) is 27.7 Å². The maximum atomic E-state index is 12.0. The molecule has 4 rings (SSSR count). The molecule has 0 fully saturated rings. The third-order valence-corrected chi connectivity index (χ3v) is 5.15. The van der Waals surface area contributed by atoms with E-state index in [-0.39, 0.29) is 12.2 Å². The summed E-state index contributed by atoms with van der Waals surface area (Å²) in [5.41, 5.74) is 4.80. The summed E-state index contributed by atoms with van der Waals surface area (Å²) in [5, 5.41) is 1.73. The fourth-order valence-corrected chi connectivity index (χ4v) is 3.41. The molecule has 142 valence electrons. The van der Waals surface area contributed by atoms with Crippen LogP contribution in [0.15, 0.2) is 54.8 Å². The van der Waals surface area contributed by atoms with Gasteiger partial charge >= 0.3 is 11.3 Å². The third kappa shape index (κ3) is 3.09. The van der Waals surface area contributed by atoms with E-state index in [2.05, 4.69) is 0 Å². The molecule has 4 aromatic rings. The molecule has 0 aliphatic heterocycles. The molecular weight excluding hydrogens is 356 g/mol. The van der Waals surface area contributed by atoms with E-state index < -0.39 is 5.63 Å². The number of hydrogen-bond donors (Lipinski definition) is 0. The zero-order valence-electron chi connectivity index (χ0n) is 16.2. The van der Waals surface area contributed by atoms with Gasteiger partial charge in [0.25, 0.3) is 0 Å². The van der Waals surface area contributed by atoms with Gasteiger partial charge in [-0.2, -0.15) is 0 Å². The summed E-state index contributed by atoms with van der Waals surface area (Å²) in [4.78, 5) is 23.7. The number of hydrogen-bond acceptors (Lipinski definition) is 5. The molecule has 0 bridgehead atoms. The average Bonchev–Trinajstić information content (AvgIpc) is 2.63. The van der Waals surface area contributed by atoms with Gasteiger partial charge in [-0.15, -0.1) is 0 Å². The first-order valence-electron chi connectivity index (χ1n) is 9.04. The highest BCUT2D eigenvalue weighted by atomic mass is 16.5. The van der Waals surface area contributed by atoms with Crippen LogP contribution < -0.4 is 16.0 Å². The molecule has 0 spiro atoms. The Morgan fingerprint density at radius 1 is 0.786 bits per heavy atom. The molecule has 0 N–H and O–H groups in total. The Labute approximate surface area is 161 Å². The molecule has 2 aromatic heterocycles. The van der Waals surface area contributed by atoms with Crippen LogP contribution in [0.4, 0.5) is 0 Å². The van der Waals surface area contributed by atoms with Gasteiger partial charge in [-0.25, -0.2) is 9.59 Å². The lowest BCUT2D eigenvalue weighted by molar-refractivity contribution is 0.304. The standard InChI is InChI=1S/C23H20O5/c1-12-7-18-16(10-22(25)27-20(18)8-13(12)2)11-26-19-6-5-17-14(3)9-21(24)28-23(17)15(19)4/h5-10H,11H2,1-4H3. The second-order valence-corrected chi connectivity index (χ2v) is 7.13. The van der Waals surface area contributed by atoms with Crippen molar-refractivity contribution < 1.29 is 13.6 Å². The largest absolute Gasteiger partial charge is 0.488 e. The zero-order valence-corrected chi connectivity index (χ0v) is 16.2. The normalized spacial score (nSPS) is 11.3. The Morgan fingerprint density at radius 3 is 2.29 bits per heavy atom. The molecule has 2 heterocycles. The van der Waals surface area contributed by atoms with Crippen molar-refractivity contribution in [3.63, 3.8) is 0 Å². The Balaban J connectivity index is 1.76. The number of ether oxygens (including phenoxy) is 1. The summed E-state index contributed by atoms with van der Waals surface area (Å²) in [6, 6.07) is 10.5. The molecule has 0 aliphatic carbocycles. The topological polar surface area (TPSA) is 69.7 Å². The van der Waals surface area contributed by atoms with Gasteiger partial charge in [0, 0.05) is 34.0 Å². The Morgan fingerprint density at radius 2 is 1.50 bits per heavy atom. The summed E-state index contributed by atoms with van der Waals surface area (Å²) in [5.74, 6) is 0.603. The van der Waals surface area contributed by atoms with Crippen LogP contribution >= 0.6 is 0 Å². The monoisotopic (exact) mass is 376 g/mol. The van der Waals surface area contributed by atoms with Crippen molar-refractivity contribution in [1.29, 1.82) is 0 Å². The number of benzene rings is 2. The predicted molar refractivity (Wildman–Crippen MR) is 108 cm³/mol. The van der Waals surface area contributed by atoms with Crippen LogP contribution in [0.3, 0.4) is 0 Å². The third-order valence-electron chi connectivity index (χ3n) is 5.15. The molecule has 5 nitrogen and oxygen atoms in total. The van der Waals surface area contributed by atoms with Crippen LogP contribution in [0.1, 0.15) is 27.8 Å². The van der Waals surface area contributed by atoms with Crippen LogP contribution in [0.25, 0.3) is 21.9 Å². The van der Waals surface area contributed by atoms with Crippen molar-refractivity contribution >= 4 is 21.9 Å². The molecule has 0 saturated carbocycles. The van der Waals surface area contributed by atoms with Gasteiger partial charge in [0.05, 0.1) is 0 Å². The zero-order chi connectivity index (χ0) is 20.0. The van der Waals surface area contributed by atoms with E-state index in [1.165, 1.54) is 12.1 Å². The average molecular weight is 376 g/mol. The fraction of sp³-hybridized carbons (Fsp3) is 0.217. The minimum absolute atomic E-state index is 0.201. The summed E-state index contributed by atoms with van der Waals surface area (Å²) >= 11 is 0. The van der Waals surface area contributed by atoms with E-state index in [4.69, 9.17) is 13.6 Å². The van der Waals surface area contributed by atoms with Gasteiger partial charge in [-0.05, 0) is 68.7 Å². The van der Waals surface area contributed by atoms with Crippen molar-refractivity contribution in [1.82, 2.24) is 0 Å². The van der Waals surface area contributed by atoms with Crippen molar-refractivity contribution in [2.75, 3.05) is 0 Å². The maximum Gasteiger partial charge on any atom is 0.336 e. The molecule has 28 heavy (non-hydrogen) atoms. The molecule has 0 aliphatic rings. The van der Waals surface area contributed by atoms with Crippen molar-refractivity contribution in [3.05, 3.63) is 85.1 Å². The van der Waals surface area contributed by atoms with Gasteiger partial charge in [-0.1, -0.05) is 0 Å². The summed E-state index contributed by atoms with van der Waals surface area (Å²) in [6.07, 6.45) is 0. The number of aryl methyl sites for hydroxylation is 4. The van der Waals surface area contributed by atoms with E-state index in [9.17, 15) is 9.59 Å². The maximum absolute atomic E-state index is 12.0. The van der Waals surface area contributed by atoms with E-state index in [1.807, 2.05) is 52.0 Å². The molecular formula is C23H20O5. The lowest BCUT2D eigenvalue weighted by Crippen LogP contribution is -2.05. The summed E-state index contributed by atoms with van der Waals surface area (Å²) < 4.78 is 16.7. The van der Waals surface area contributed by atoms with Crippen molar-refractivity contribution in [2.24, 2.45) is 0 Å². The molecule has 0 saturated heterocycles. The van der Waals surface area contributed by atoms with E-state index in [0.29, 0.717) is 16.9 Å². The van der Waals surface area contributed by atoms with E-state index in [1.54, 1.807) is 0 Å². The molecule has 0 unspecified atom stereocenters. The molecule has 2 aromatic carbocycles. The van der Waals surface area contributed by atoms with Crippen LogP contribution in [0.5, 0.6) is 5.75 Å². The van der Waals surface area contributed by atoms with Crippen LogP contribution in [-0.2, 0) is 6.61 Å². The number of rotatable bonds is 3. The first-order valence-corrected chi connectivity index (χ1v) is 9.04. The minimum Gasteiger partial charge on any atom is -0.488 e. The van der Waals surface area contributed by atoms with Gasteiger partial charge < -0.3 is 13.6 Å². The van der Waals surface area contributed by atoms with Gasteiger partial charge in [-0.3, -0.25) is 0 Å².